The fourth-order valence-electron chi connectivity index (χ4n) is 2.52. The third-order valence-corrected chi connectivity index (χ3v) is 4.71. The third kappa shape index (κ3) is 12.4. The molecule has 0 aliphatic carbocycles. The van der Waals surface area contributed by atoms with Gasteiger partial charge in [-0.3, -0.25) is 9.59 Å². The van der Waals surface area contributed by atoms with Gasteiger partial charge in [0.1, 0.15) is 12.1 Å². The summed E-state index contributed by atoms with van der Waals surface area (Å²) in [5, 5.41) is 4.59. The highest BCUT2D eigenvalue weighted by molar-refractivity contribution is 6.10. The molecule has 0 spiro atoms. The van der Waals surface area contributed by atoms with Crippen LogP contribution in [0.3, 0.4) is 0 Å². The number of ether oxygens (including phenoxy) is 2. The molecular formula is C19H33N7O9. The number of esters is 4. The standard InChI is InChI=1S/C19H33N7O9/c1-10(27)19(24,16(31)35-15(30)12(21)5-3-9-26-18(23)33)7-6-13(28)34-14(29)11(20)4-2-8-25-17(22)32/h11-12H,2-9,20-21,24H2,1H3,(H3,22,25,32)(H3,23,26,33)/t11-,12-,19+/m0/s1. The lowest BCUT2D eigenvalue weighted by molar-refractivity contribution is -0.165. The van der Waals surface area contributed by atoms with Crippen LogP contribution in [0.2, 0.25) is 0 Å². The van der Waals surface area contributed by atoms with Crippen molar-refractivity contribution in [1.29, 1.82) is 0 Å². The van der Waals surface area contributed by atoms with Gasteiger partial charge in [0.25, 0.3) is 0 Å². The van der Waals surface area contributed by atoms with Crippen molar-refractivity contribution in [1.82, 2.24) is 10.6 Å². The predicted molar refractivity (Wildman–Crippen MR) is 119 cm³/mol. The molecule has 0 aliphatic rings. The number of primary amides is 2. The maximum absolute atomic E-state index is 12.4. The Bertz CT molecular complexity index is 820. The minimum atomic E-state index is -2.38. The van der Waals surface area contributed by atoms with Crippen molar-refractivity contribution >= 4 is 41.7 Å². The molecule has 0 aromatic carbocycles. The Morgan fingerprint density at radius 3 is 1.63 bits per heavy atom. The molecule has 0 aromatic rings. The lowest BCUT2D eigenvalue weighted by Crippen LogP contribution is -2.56. The van der Waals surface area contributed by atoms with Gasteiger partial charge in [-0.2, -0.15) is 0 Å². The molecule has 0 radical (unpaired) electrons. The largest absolute Gasteiger partial charge is 0.392 e. The number of amides is 4. The van der Waals surface area contributed by atoms with E-state index in [1.807, 2.05) is 0 Å². The van der Waals surface area contributed by atoms with E-state index in [1.54, 1.807) is 0 Å². The number of rotatable bonds is 15. The van der Waals surface area contributed by atoms with Crippen LogP contribution in [0.5, 0.6) is 0 Å². The van der Waals surface area contributed by atoms with E-state index in [9.17, 15) is 33.6 Å². The zero-order valence-electron chi connectivity index (χ0n) is 19.4. The highest BCUT2D eigenvalue weighted by atomic mass is 16.6. The van der Waals surface area contributed by atoms with Crippen molar-refractivity contribution in [3.05, 3.63) is 0 Å². The third-order valence-electron chi connectivity index (χ3n) is 4.71. The lowest BCUT2D eigenvalue weighted by Gasteiger charge is -2.24. The van der Waals surface area contributed by atoms with Crippen molar-refractivity contribution in [2.45, 2.75) is 63.1 Å². The first kappa shape index (κ1) is 31.4. The van der Waals surface area contributed by atoms with E-state index < -0.39 is 72.2 Å². The van der Waals surface area contributed by atoms with Gasteiger partial charge >= 0.3 is 35.9 Å². The zero-order valence-corrected chi connectivity index (χ0v) is 19.4. The van der Waals surface area contributed by atoms with Crippen LogP contribution in [-0.4, -0.2) is 72.4 Å². The molecule has 0 unspecified atom stereocenters. The topological polar surface area (TPSA) is 292 Å². The van der Waals surface area contributed by atoms with Gasteiger partial charge in [-0.15, -0.1) is 0 Å². The molecule has 0 saturated heterocycles. The Hall–Kier alpha value is -3.63. The van der Waals surface area contributed by atoms with Gasteiger partial charge in [0.05, 0.1) is 0 Å². The molecule has 4 amide bonds. The SMILES string of the molecule is CC(=O)[C@](N)(CCC(=O)OC(=O)[C@@H](N)CCCNC(N)=O)C(=O)OC(=O)[C@@H](N)CCCNC(N)=O. The summed E-state index contributed by atoms with van der Waals surface area (Å²) in [6, 6.07) is -3.93. The quantitative estimate of drug-likeness (QED) is 0.0658. The summed E-state index contributed by atoms with van der Waals surface area (Å²) in [4.78, 5) is 81.4. The van der Waals surface area contributed by atoms with Crippen LogP contribution in [-0.2, 0) is 33.4 Å². The van der Waals surface area contributed by atoms with E-state index in [0.29, 0.717) is 0 Å². The number of hydrogen-bond donors (Lipinski definition) is 7. The lowest BCUT2D eigenvalue weighted by atomic mass is 9.90. The van der Waals surface area contributed by atoms with E-state index in [0.717, 1.165) is 6.92 Å². The fraction of sp³-hybridized carbons (Fsp3) is 0.632. The normalized spacial score (nSPS) is 13.9. The van der Waals surface area contributed by atoms with Crippen LogP contribution in [0, 0.1) is 0 Å². The maximum Gasteiger partial charge on any atom is 0.341 e. The summed E-state index contributed by atoms with van der Waals surface area (Å²) < 4.78 is 9.18. The average molecular weight is 504 g/mol. The van der Waals surface area contributed by atoms with Crippen molar-refractivity contribution in [2.24, 2.45) is 28.7 Å². The smallest absolute Gasteiger partial charge is 0.341 e. The Morgan fingerprint density at radius 2 is 1.23 bits per heavy atom. The second-order valence-corrected chi connectivity index (χ2v) is 7.61. The Morgan fingerprint density at radius 1 is 0.800 bits per heavy atom. The number of nitrogens with two attached hydrogens (primary N) is 5. The molecule has 0 aliphatic heterocycles. The second kappa shape index (κ2) is 15.3. The molecule has 0 saturated carbocycles. The van der Waals surface area contributed by atoms with E-state index in [4.69, 9.17) is 28.7 Å². The van der Waals surface area contributed by atoms with Gasteiger partial charge in [-0.05, 0) is 39.0 Å². The number of hydrogen-bond acceptors (Lipinski definition) is 12. The first-order valence-corrected chi connectivity index (χ1v) is 10.6. The van der Waals surface area contributed by atoms with Gasteiger partial charge in [0.2, 0.25) is 0 Å². The van der Waals surface area contributed by atoms with Crippen LogP contribution < -0.4 is 39.3 Å². The molecule has 198 valence electrons. The van der Waals surface area contributed by atoms with Crippen molar-refractivity contribution < 1.29 is 43.0 Å². The number of nitrogens with one attached hydrogen (secondary N) is 2. The van der Waals surface area contributed by atoms with E-state index >= 15 is 0 Å². The van der Waals surface area contributed by atoms with E-state index in [2.05, 4.69) is 20.1 Å². The number of urea groups is 2. The Kier molecular flexibility index (Phi) is 13.7. The Labute approximate surface area is 200 Å². The molecule has 12 N–H and O–H groups in total. The highest BCUT2D eigenvalue weighted by Gasteiger charge is 2.43. The van der Waals surface area contributed by atoms with E-state index in [1.165, 1.54) is 0 Å². The second-order valence-electron chi connectivity index (χ2n) is 7.61. The monoisotopic (exact) mass is 503 g/mol. The van der Waals surface area contributed by atoms with Gasteiger partial charge in [-0.25, -0.2) is 24.0 Å². The zero-order chi connectivity index (χ0) is 27.2. The molecule has 0 aromatic heterocycles. The molecule has 16 nitrogen and oxygen atoms in total. The van der Waals surface area contributed by atoms with Gasteiger partial charge in [0.15, 0.2) is 11.3 Å². The molecular weight excluding hydrogens is 470 g/mol. The summed E-state index contributed by atoms with van der Waals surface area (Å²) in [6.07, 6.45) is -0.641. The molecule has 0 bridgehead atoms. The first-order chi connectivity index (χ1) is 16.2. The number of Topliss-reactive ketones (excluding diaryl/α,β-unsaturated/α-hetero) is 1. The van der Waals surface area contributed by atoms with Crippen LogP contribution in [0.4, 0.5) is 9.59 Å². The van der Waals surface area contributed by atoms with Crippen LogP contribution in [0.25, 0.3) is 0 Å². The first-order valence-electron chi connectivity index (χ1n) is 10.6. The number of ketones is 1. The van der Waals surface area contributed by atoms with Crippen LogP contribution >= 0.6 is 0 Å². The maximum atomic E-state index is 12.4. The van der Waals surface area contributed by atoms with Crippen molar-refractivity contribution in [3.8, 4) is 0 Å². The average Bonchev–Trinajstić information content (AvgIpc) is 2.76. The minimum absolute atomic E-state index is 0.0251. The van der Waals surface area contributed by atoms with Crippen LogP contribution in [0.15, 0.2) is 0 Å². The van der Waals surface area contributed by atoms with Gasteiger partial charge < -0.3 is 48.8 Å². The summed E-state index contributed by atoms with van der Waals surface area (Å²) in [6.45, 7) is 1.24. The Balaban J connectivity index is 4.73. The number of carbonyl (C=O) groups is 7. The molecule has 0 heterocycles. The summed E-state index contributed by atoms with van der Waals surface area (Å²) >= 11 is 0. The fourth-order valence-corrected chi connectivity index (χ4v) is 2.52. The summed E-state index contributed by atoms with van der Waals surface area (Å²) in [5.74, 6) is -5.69. The molecule has 35 heavy (non-hydrogen) atoms. The molecule has 0 fully saturated rings. The molecule has 3 atom stereocenters. The highest BCUT2D eigenvalue weighted by Crippen LogP contribution is 2.16. The van der Waals surface area contributed by atoms with Crippen molar-refractivity contribution in [2.75, 3.05) is 13.1 Å². The van der Waals surface area contributed by atoms with Crippen molar-refractivity contribution in [3.63, 3.8) is 0 Å². The summed E-state index contributed by atoms with van der Waals surface area (Å²) in [7, 11) is 0. The van der Waals surface area contributed by atoms with Crippen LogP contribution in [0.1, 0.15) is 45.4 Å². The predicted octanol–water partition coefficient (Wildman–Crippen LogP) is -3.26. The molecule has 16 heteroatoms. The van der Waals surface area contributed by atoms with Gasteiger partial charge in [0, 0.05) is 19.5 Å². The van der Waals surface area contributed by atoms with Gasteiger partial charge in [-0.1, -0.05) is 0 Å². The molecule has 0 rings (SSSR count). The minimum Gasteiger partial charge on any atom is -0.392 e. The number of carbonyl (C=O) groups excluding carboxylic acids is 7. The van der Waals surface area contributed by atoms with E-state index in [-0.39, 0.29) is 38.8 Å². The summed E-state index contributed by atoms with van der Waals surface area (Å²) in [5.41, 5.74) is 24.4.